The van der Waals surface area contributed by atoms with Crippen LogP contribution < -0.4 is 11.2 Å². The van der Waals surface area contributed by atoms with Gasteiger partial charge >= 0.3 is 17.6 Å². The summed E-state index contributed by atoms with van der Waals surface area (Å²) < 4.78 is 4.39. The lowest BCUT2D eigenvalue weighted by Gasteiger charge is -2.00. The van der Waals surface area contributed by atoms with Crippen LogP contribution in [0.1, 0.15) is 30.3 Å². The number of hydrogen-bond donors (Lipinski definition) is 2. The van der Waals surface area contributed by atoms with Crippen molar-refractivity contribution < 1.29 is 14.3 Å². The summed E-state index contributed by atoms with van der Waals surface area (Å²) in [5, 5.41) is 0. The summed E-state index contributed by atoms with van der Waals surface area (Å²) in [7, 11) is 0. The summed E-state index contributed by atoms with van der Waals surface area (Å²) in [6.45, 7) is 1.75. The fraction of sp³-hybridized carbons (Fsp3) is 0.333. The molecule has 0 unspecified atom stereocenters. The first-order valence-corrected chi connectivity index (χ1v) is 4.61. The van der Waals surface area contributed by atoms with Crippen LogP contribution in [0.5, 0.6) is 0 Å². The molecule has 0 atom stereocenters. The first-order chi connectivity index (χ1) is 7.52. The minimum atomic E-state index is -1.04. The van der Waals surface area contributed by atoms with Gasteiger partial charge in [0, 0.05) is 12.5 Å². The fourth-order valence-corrected chi connectivity index (χ4v) is 0.992. The molecule has 2 N–H and O–H groups in total. The minimum absolute atomic E-state index is 0.0964. The van der Waals surface area contributed by atoms with Crippen molar-refractivity contribution in [3.63, 3.8) is 0 Å². The predicted molar refractivity (Wildman–Crippen MR) is 53.0 cm³/mol. The second-order valence-electron chi connectivity index (χ2n) is 3.01. The molecule has 16 heavy (non-hydrogen) atoms. The number of rotatable bonds is 3. The Morgan fingerprint density at radius 2 is 2.00 bits per heavy atom. The number of carbonyl (C=O) groups is 2. The van der Waals surface area contributed by atoms with E-state index < -0.39 is 23.2 Å². The molecule has 1 rings (SSSR count). The molecule has 1 aromatic rings. The van der Waals surface area contributed by atoms with Gasteiger partial charge in [-0.05, 0) is 6.42 Å². The van der Waals surface area contributed by atoms with Crippen LogP contribution >= 0.6 is 0 Å². The third-order valence-corrected chi connectivity index (χ3v) is 1.64. The highest BCUT2D eigenvalue weighted by Gasteiger charge is 2.13. The van der Waals surface area contributed by atoms with Gasteiger partial charge in [-0.15, -0.1) is 0 Å². The molecule has 0 amide bonds. The van der Waals surface area contributed by atoms with Gasteiger partial charge in [-0.2, -0.15) is 0 Å². The number of hydrogen-bond acceptors (Lipinski definition) is 5. The van der Waals surface area contributed by atoms with Crippen LogP contribution in [-0.4, -0.2) is 21.9 Å². The summed E-state index contributed by atoms with van der Waals surface area (Å²) in [6.07, 6.45) is 0.636. The van der Waals surface area contributed by atoms with E-state index in [9.17, 15) is 19.2 Å². The topological polar surface area (TPSA) is 109 Å². The Labute approximate surface area is 89.5 Å². The highest BCUT2D eigenvalue weighted by molar-refractivity contribution is 5.95. The van der Waals surface area contributed by atoms with Gasteiger partial charge in [0.15, 0.2) is 0 Å². The van der Waals surface area contributed by atoms with E-state index in [-0.39, 0.29) is 12.1 Å². The first-order valence-electron chi connectivity index (χ1n) is 4.61. The minimum Gasteiger partial charge on any atom is -0.388 e. The van der Waals surface area contributed by atoms with Crippen molar-refractivity contribution in [3.8, 4) is 0 Å². The molecule has 7 heteroatoms. The van der Waals surface area contributed by atoms with Crippen molar-refractivity contribution in [1.82, 2.24) is 9.97 Å². The van der Waals surface area contributed by atoms with Crippen LogP contribution in [0.2, 0.25) is 0 Å². The number of nitrogens with one attached hydrogen (secondary N) is 2. The summed E-state index contributed by atoms with van der Waals surface area (Å²) in [4.78, 5) is 47.9. The van der Waals surface area contributed by atoms with Crippen molar-refractivity contribution in [3.05, 3.63) is 32.6 Å². The Balaban J connectivity index is 2.85. The maximum Gasteiger partial charge on any atom is 0.362 e. The quantitative estimate of drug-likeness (QED) is 0.535. The van der Waals surface area contributed by atoms with E-state index in [0.717, 1.165) is 6.07 Å². The van der Waals surface area contributed by atoms with Gasteiger partial charge in [-0.25, -0.2) is 9.59 Å². The zero-order valence-electron chi connectivity index (χ0n) is 8.53. The molecule has 7 nitrogen and oxygen atoms in total. The van der Waals surface area contributed by atoms with Gasteiger partial charge < -0.3 is 9.72 Å². The molecule has 1 aromatic heterocycles. The Bertz CT molecular complexity index is 485. The highest BCUT2D eigenvalue weighted by atomic mass is 16.6. The Kier molecular flexibility index (Phi) is 3.76. The lowest BCUT2D eigenvalue weighted by Crippen LogP contribution is -2.26. The smallest absolute Gasteiger partial charge is 0.362 e. The molecule has 0 radical (unpaired) electrons. The third kappa shape index (κ3) is 3.19. The zero-order chi connectivity index (χ0) is 12.1. The number of carbonyl (C=O) groups excluding carboxylic acids is 2. The van der Waals surface area contributed by atoms with Crippen LogP contribution in [-0.2, 0) is 9.53 Å². The molecule has 0 bridgehead atoms. The summed E-state index contributed by atoms with van der Waals surface area (Å²) in [5.74, 6) is -1.74. The van der Waals surface area contributed by atoms with E-state index in [1.165, 1.54) is 0 Å². The van der Waals surface area contributed by atoms with Crippen molar-refractivity contribution in [2.75, 3.05) is 0 Å². The number of esters is 2. The Morgan fingerprint density at radius 3 is 2.56 bits per heavy atom. The second kappa shape index (κ2) is 5.06. The van der Waals surface area contributed by atoms with Crippen LogP contribution in [0.3, 0.4) is 0 Å². The molecule has 0 saturated carbocycles. The molecule has 0 spiro atoms. The molecule has 0 saturated heterocycles. The zero-order valence-corrected chi connectivity index (χ0v) is 8.53. The average Bonchev–Trinajstić information content (AvgIpc) is 2.16. The molecule has 0 aliphatic rings. The number of ether oxygens (including phenoxy) is 1. The van der Waals surface area contributed by atoms with E-state index >= 15 is 0 Å². The van der Waals surface area contributed by atoms with Crippen LogP contribution in [0.25, 0.3) is 0 Å². The molecule has 0 aromatic carbocycles. The lowest BCUT2D eigenvalue weighted by atomic mass is 10.3. The summed E-state index contributed by atoms with van der Waals surface area (Å²) in [5.41, 5.74) is -1.92. The molecule has 0 fully saturated rings. The first kappa shape index (κ1) is 11.9. The van der Waals surface area contributed by atoms with Gasteiger partial charge in [0.25, 0.3) is 5.56 Å². The third-order valence-electron chi connectivity index (χ3n) is 1.64. The fourth-order valence-electron chi connectivity index (χ4n) is 0.992. The van der Waals surface area contributed by atoms with E-state index in [4.69, 9.17) is 0 Å². The van der Waals surface area contributed by atoms with Gasteiger partial charge in [0.05, 0.1) is 0 Å². The maximum atomic E-state index is 11.3. The number of H-pyrrole nitrogens is 2. The molecule has 86 valence electrons. The molecular weight excluding hydrogens is 216 g/mol. The summed E-state index contributed by atoms with van der Waals surface area (Å²) >= 11 is 0. The van der Waals surface area contributed by atoms with Gasteiger partial charge in [0.1, 0.15) is 5.69 Å². The molecule has 0 aliphatic carbocycles. The second-order valence-corrected chi connectivity index (χ2v) is 3.01. The number of aromatic amines is 2. The van der Waals surface area contributed by atoms with Crippen molar-refractivity contribution >= 4 is 11.9 Å². The predicted octanol–water partition coefficient (Wildman–Crippen LogP) is -0.453. The normalized spacial score (nSPS) is 9.81. The van der Waals surface area contributed by atoms with E-state index in [1.54, 1.807) is 6.92 Å². The van der Waals surface area contributed by atoms with Crippen LogP contribution in [0.4, 0.5) is 0 Å². The monoisotopic (exact) mass is 226 g/mol. The largest absolute Gasteiger partial charge is 0.388 e. The van der Waals surface area contributed by atoms with Crippen LogP contribution in [0, 0.1) is 0 Å². The Hall–Kier alpha value is -2.18. The molecular formula is C9H10N2O5. The van der Waals surface area contributed by atoms with Crippen molar-refractivity contribution in [1.29, 1.82) is 0 Å². The van der Waals surface area contributed by atoms with Gasteiger partial charge in [-0.1, -0.05) is 6.92 Å². The Morgan fingerprint density at radius 1 is 1.31 bits per heavy atom. The van der Waals surface area contributed by atoms with Crippen molar-refractivity contribution in [2.45, 2.75) is 19.8 Å². The van der Waals surface area contributed by atoms with Gasteiger partial charge in [0.2, 0.25) is 0 Å². The van der Waals surface area contributed by atoms with E-state index in [2.05, 4.69) is 9.72 Å². The lowest BCUT2D eigenvalue weighted by molar-refractivity contribution is -0.138. The molecule has 1 heterocycles. The SMILES string of the molecule is CCCC(=O)OC(=O)c1cc(=O)[nH]c(=O)[nH]1. The van der Waals surface area contributed by atoms with E-state index in [0.29, 0.717) is 6.42 Å². The van der Waals surface area contributed by atoms with Crippen molar-refractivity contribution in [2.24, 2.45) is 0 Å². The van der Waals surface area contributed by atoms with Crippen LogP contribution in [0.15, 0.2) is 15.7 Å². The van der Waals surface area contributed by atoms with E-state index in [1.807, 2.05) is 4.98 Å². The molecule has 0 aliphatic heterocycles. The average molecular weight is 226 g/mol. The maximum absolute atomic E-state index is 11.3. The summed E-state index contributed by atoms with van der Waals surface area (Å²) in [6, 6.07) is 0.850. The standard InChI is InChI=1S/C9H10N2O5/c1-2-3-7(13)16-8(14)5-4-6(12)11-9(15)10-5/h4H,2-3H2,1H3,(H2,10,11,12,15). The number of aromatic nitrogens is 2. The van der Waals surface area contributed by atoms with Gasteiger partial charge in [-0.3, -0.25) is 14.6 Å². The highest BCUT2D eigenvalue weighted by Crippen LogP contribution is 1.96.